The van der Waals surface area contributed by atoms with E-state index in [1.165, 1.54) is 12.1 Å². The van der Waals surface area contributed by atoms with Crippen LogP contribution in [0.4, 0.5) is 17.3 Å². The Morgan fingerprint density at radius 1 is 1.23 bits per heavy atom. The number of aromatic nitrogens is 2. The van der Waals surface area contributed by atoms with Crippen LogP contribution in [0.1, 0.15) is 30.1 Å². The van der Waals surface area contributed by atoms with Crippen LogP contribution in [0.2, 0.25) is 10.0 Å². The largest absolute Gasteiger partial charge is 0.392 e. The number of nitrogens with two attached hydrogens (primary N) is 1. The number of carbonyl (C=O) groups is 1. The Balaban J connectivity index is 1.65. The molecule has 35 heavy (non-hydrogen) atoms. The molecule has 1 atom stereocenters. The van der Waals surface area contributed by atoms with Crippen molar-refractivity contribution >= 4 is 46.4 Å². The fourth-order valence-electron chi connectivity index (χ4n) is 3.43. The van der Waals surface area contributed by atoms with Gasteiger partial charge in [0.25, 0.3) is 5.91 Å². The quantitative estimate of drug-likeness (QED) is 0.167. The molecule has 0 aliphatic rings. The maximum atomic E-state index is 12.8. The average Bonchev–Trinajstić information content (AvgIpc) is 3.21. The molecule has 0 radical (unpaired) electrons. The number of hydrogen-bond donors (Lipinski definition) is 4. The molecule has 186 valence electrons. The predicted molar refractivity (Wildman–Crippen MR) is 137 cm³/mol. The summed E-state index contributed by atoms with van der Waals surface area (Å²) < 4.78 is 1.92. The standard InChI is InChI=1S/C23H26Cl2N6O4/c1-14(32)11-28-23(33)18-13-30(12-17(18)16-5-4-15(24)10-19(16)25)9-3-2-8-27-21-7-6-20(31(34)35)22(26)29-21/h4-7,10,12-14,32H,2-3,8-9,11H2,1H3,(H,28,33)(H3,26,27,29)/t14-/m0/s1. The van der Waals surface area contributed by atoms with Crippen LogP contribution in [-0.2, 0) is 6.54 Å². The zero-order chi connectivity index (χ0) is 25.5. The molecule has 1 amide bonds. The molecule has 2 heterocycles. The fourth-order valence-corrected chi connectivity index (χ4v) is 3.94. The molecule has 1 aromatic carbocycles. The Morgan fingerprint density at radius 2 is 2.00 bits per heavy atom. The van der Waals surface area contributed by atoms with Crippen molar-refractivity contribution in [2.45, 2.75) is 32.4 Å². The van der Waals surface area contributed by atoms with Gasteiger partial charge in [-0.15, -0.1) is 0 Å². The lowest BCUT2D eigenvalue weighted by Crippen LogP contribution is -2.30. The van der Waals surface area contributed by atoms with E-state index in [-0.39, 0.29) is 24.0 Å². The molecular weight excluding hydrogens is 495 g/mol. The highest BCUT2D eigenvalue weighted by atomic mass is 35.5. The number of halogens is 2. The van der Waals surface area contributed by atoms with Crippen molar-refractivity contribution in [1.82, 2.24) is 14.9 Å². The SMILES string of the molecule is C[C@H](O)CNC(=O)c1cn(CCCCNc2ccc([N+](=O)[O-])c(N)n2)cc1-c1ccc(Cl)cc1Cl. The number of nitrogens with one attached hydrogen (secondary N) is 2. The van der Waals surface area contributed by atoms with Crippen LogP contribution >= 0.6 is 23.2 Å². The predicted octanol–water partition coefficient (Wildman–Crippen LogP) is 4.35. The van der Waals surface area contributed by atoms with Crippen LogP contribution in [0.5, 0.6) is 0 Å². The van der Waals surface area contributed by atoms with E-state index in [1.807, 2.05) is 10.8 Å². The third kappa shape index (κ3) is 7.08. The number of hydrogen-bond acceptors (Lipinski definition) is 7. The lowest BCUT2D eigenvalue weighted by Gasteiger charge is -2.09. The molecule has 0 fully saturated rings. The van der Waals surface area contributed by atoms with Gasteiger partial charge in [-0.25, -0.2) is 4.98 Å². The van der Waals surface area contributed by atoms with Crippen LogP contribution < -0.4 is 16.4 Å². The van der Waals surface area contributed by atoms with Gasteiger partial charge in [0.15, 0.2) is 0 Å². The first-order chi connectivity index (χ1) is 16.7. The summed E-state index contributed by atoms with van der Waals surface area (Å²) in [7, 11) is 0. The first-order valence-electron chi connectivity index (χ1n) is 10.9. The topological polar surface area (TPSA) is 148 Å². The molecular formula is C23H26Cl2N6O4. The molecule has 0 saturated carbocycles. The lowest BCUT2D eigenvalue weighted by molar-refractivity contribution is -0.384. The van der Waals surface area contributed by atoms with Crippen molar-refractivity contribution in [3.05, 3.63) is 68.4 Å². The number of nitro groups is 1. The molecule has 10 nitrogen and oxygen atoms in total. The summed E-state index contributed by atoms with van der Waals surface area (Å²) in [6.45, 7) is 2.95. The van der Waals surface area contributed by atoms with E-state index in [0.717, 1.165) is 12.8 Å². The number of carbonyl (C=O) groups excluding carboxylic acids is 1. The van der Waals surface area contributed by atoms with Crippen LogP contribution in [0.15, 0.2) is 42.7 Å². The van der Waals surface area contributed by atoms with Gasteiger partial charge in [-0.3, -0.25) is 14.9 Å². The Morgan fingerprint density at radius 3 is 2.66 bits per heavy atom. The van der Waals surface area contributed by atoms with E-state index in [4.69, 9.17) is 28.9 Å². The first kappa shape index (κ1) is 26.3. The summed E-state index contributed by atoms with van der Waals surface area (Å²) in [5.74, 6) is 0.0158. The Hall–Kier alpha value is -3.34. The van der Waals surface area contributed by atoms with Gasteiger partial charge in [-0.05, 0) is 38.0 Å². The number of aliphatic hydroxyl groups excluding tert-OH is 1. The van der Waals surface area contributed by atoms with Crippen molar-refractivity contribution < 1.29 is 14.8 Å². The van der Waals surface area contributed by atoms with Crippen LogP contribution in [0.25, 0.3) is 11.1 Å². The molecule has 0 aliphatic heterocycles. The van der Waals surface area contributed by atoms with Crippen LogP contribution in [0, 0.1) is 10.1 Å². The highest BCUT2D eigenvalue weighted by Crippen LogP contribution is 2.33. The normalized spacial score (nSPS) is 11.8. The number of nitrogen functional groups attached to an aromatic ring is 1. The van der Waals surface area contributed by atoms with Crippen molar-refractivity contribution in [3.63, 3.8) is 0 Å². The maximum Gasteiger partial charge on any atom is 0.311 e. The third-order valence-corrected chi connectivity index (χ3v) is 5.70. The average molecular weight is 521 g/mol. The number of amides is 1. The number of rotatable bonds is 11. The number of aliphatic hydroxyl groups is 1. The van der Waals surface area contributed by atoms with Crippen molar-refractivity contribution in [3.8, 4) is 11.1 Å². The zero-order valence-electron chi connectivity index (χ0n) is 19.0. The van der Waals surface area contributed by atoms with E-state index < -0.39 is 11.0 Å². The Bertz CT molecular complexity index is 1210. The summed E-state index contributed by atoms with van der Waals surface area (Å²) in [5, 5.41) is 27.1. The minimum Gasteiger partial charge on any atom is -0.392 e. The summed E-state index contributed by atoms with van der Waals surface area (Å²) >= 11 is 12.4. The number of benzene rings is 1. The second-order valence-corrected chi connectivity index (χ2v) is 8.84. The van der Waals surface area contributed by atoms with Crippen molar-refractivity contribution in [2.24, 2.45) is 0 Å². The molecule has 5 N–H and O–H groups in total. The number of pyridine rings is 1. The van der Waals surface area contributed by atoms with E-state index in [0.29, 0.717) is 45.6 Å². The Labute approximate surface area is 212 Å². The number of aryl methyl sites for hydroxylation is 1. The van der Waals surface area contributed by atoms with E-state index >= 15 is 0 Å². The summed E-state index contributed by atoms with van der Waals surface area (Å²) in [4.78, 5) is 27.0. The highest BCUT2D eigenvalue weighted by molar-refractivity contribution is 6.36. The van der Waals surface area contributed by atoms with Gasteiger partial charge < -0.3 is 26.0 Å². The van der Waals surface area contributed by atoms with Gasteiger partial charge in [0.2, 0.25) is 5.82 Å². The van der Waals surface area contributed by atoms with Gasteiger partial charge in [0.1, 0.15) is 5.82 Å². The fraction of sp³-hybridized carbons (Fsp3) is 0.304. The van der Waals surface area contributed by atoms with Crippen LogP contribution in [-0.4, -0.2) is 44.7 Å². The van der Waals surface area contributed by atoms with Gasteiger partial charge >= 0.3 is 5.69 Å². The Kier molecular flexibility index (Phi) is 8.91. The van der Waals surface area contributed by atoms with E-state index in [2.05, 4.69) is 15.6 Å². The van der Waals surface area contributed by atoms with Gasteiger partial charge in [0, 0.05) is 59.3 Å². The molecule has 0 bridgehead atoms. The molecule has 12 heteroatoms. The van der Waals surface area contributed by atoms with E-state index in [1.54, 1.807) is 31.3 Å². The number of unbranched alkanes of at least 4 members (excludes halogenated alkanes) is 1. The smallest absolute Gasteiger partial charge is 0.311 e. The minimum absolute atomic E-state index is 0.130. The van der Waals surface area contributed by atoms with Crippen molar-refractivity contribution in [1.29, 1.82) is 0 Å². The molecule has 3 aromatic rings. The van der Waals surface area contributed by atoms with Crippen LogP contribution in [0.3, 0.4) is 0 Å². The van der Waals surface area contributed by atoms with Crippen molar-refractivity contribution in [2.75, 3.05) is 24.1 Å². The second kappa shape index (κ2) is 11.9. The molecule has 2 aromatic heterocycles. The monoisotopic (exact) mass is 520 g/mol. The van der Waals surface area contributed by atoms with E-state index in [9.17, 15) is 20.0 Å². The molecule has 3 rings (SSSR count). The molecule has 0 saturated heterocycles. The molecule has 0 aliphatic carbocycles. The number of nitrogens with zero attached hydrogens (tertiary/aromatic N) is 3. The summed E-state index contributed by atoms with van der Waals surface area (Å²) in [6, 6.07) is 7.93. The highest BCUT2D eigenvalue weighted by Gasteiger charge is 2.18. The van der Waals surface area contributed by atoms with Gasteiger partial charge in [-0.1, -0.05) is 29.3 Å². The third-order valence-electron chi connectivity index (χ3n) is 5.15. The lowest BCUT2D eigenvalue weighted by atomic mass is 10.0. The minimum atomic E-state index is -0.670. The summed E-state index contributed by atoms with van der Waals surface area (Å²) in [5.41, 5.74) is 7.18. The first-order valence-corrected chi connectivity index (χ1v) is 11.7. The maximum absolute atomic E-state index is 12.8. The van der Waals surface area contributed by atoms with Gasteiger partial charge in [0.05, 0.1) is 16.6 Å². The molecule has 0 unspecified atom stereocenters. The van der Waals surface area contributed by atoms with Gasteiger partial charge in [-0.2, -0.15) is 0 Å². The molecule has 0 spiro atoms. The summed E-state index contributed by atoms with van der Waals surface area (Å²) in [6.07, 6.45) is 4.50. The second-order valence-electron chi connectivity index (χ2n) is 8.00. The number of anilines is 2. The zero-order valence-corrected chi connectivity index (χ0v) is 20.5.